The maximum absolute atomic E-state index is 12.2. The Balaban J connectivity index is 2.38. The summed E-state index contributed by atoms with van der Waals surface area (Å²) < 4.78 is 24.4. The topological polar surface area (TPSA) is 72.0 Å². The molecule has 0 aliphatic heterocycles. The molecule has 20 heavy (non-hydrogen) atoms. The average Bonchev–Trinajstić information content (AvgIpc) is 2.39. The van der Waals surface area contributed by atoms with Crippen LogP contribution in [0.5, 0.6) is 0 Å². The number of aromatic nitrogens is 2. The van der Waals surface area contributed by atoms with Crippen LogP contribution in [0.4, 0.5) is 11.4 Å². The van der Waals surface area contributed by atoms with Gasteiger partial charge in [0.25, 0.3) is 0 Å². The van der Waals surface area contributed by atoms with Crippen LogP contribution in [0.3, 0.4) is 0 Å². The van der Waals surface area contributed by atoms with Gasteiger partial charge < -0.3 is 5.32 Å². The molecule has 2 aromatic rings. The van der Waals surface area contributed by atoms with Gasteiger partial charge in [-0.15, -0.1) is 5.10 Å². The minimum Gasteiger partial charge on any atom is -0.353 e. The lowest BCUT2D eigenvalue weighted by Gasteiger charge is -2.11. The van der Waals surface area contributed by atoms with E-state index in [0.29, 0.717) is 17.8 Å². The number of sulfone groups is 1. The molecule has 7 heteroatoms. The molecular formula is C13H14ClN3O2S. The van der Waals surface area contributed by atoms with Crippen molar-refractivity contribution in [3.63, 3.8) is 0 Å². The van der Waals surface area contributed by atoms with Crippen molar-refractivity contribution in [3.8, 4) is 0 Å². The lowest BCUT2D eigenvalue weighted by Crippen LogP contribution is -2.08. The lowest BCUT2D eigenvalue weighted by molar-refractivity contribution is 0.595. The van der Waals surface area contributed by atoms with Crippen molar-refractivity contribution in [1.82, 2.24) is 10.2 Å². The molecule has 1 N–H and O–H groups in total. The maximum atomic E-state index is 12.2. The van der Waals surface area contributed by atoms with Gasteiger partial charge >= 0.3 is 0 Å². The molecule has 0 saturated carbocycles. The molecule has 0 radical (unpaired) electrons. The Kier molecular flexibility index (Phi) is 4.57. The van der Waals surface area contributed by atoms with Crippen molar-refractivity contribution in [1.29, 1.82) is 0 Å². The summed E-state index contributed by atoms with van der Waals surface area (Å²) in [7, 11) is -3.30. The monoisotopic (exact) mass is 311 g/mol. The van der Waals surface area contributed by atoms with Crippen LogP contribution in [0.1, 0.15) is 13.3 Å². The van der Waals surface area contributed by atoms with Gasteiger partial charge in [0, 0.05) is 6.07 Å². The van der Waals surface area contributed by atoms with E-state index < -0.39 is 9.84 Å². The van der Waals surface area contributed by atoms with Crippen LogP contribution in [-0.2, 0) is 9.84 Å². The van der Waals surface area contributed by atoms with Crippen molar-refractivity contribution in [3.05, 3.63) is 41.7 Å². The Morgan fingerprint density at radius 3 is 2.75 bits per heavy atom. The number of hydrogen-bond donors (Lipinski definition) is 1. The highest BCUT2D eigenvalue weighted by Gasteiger charge is 2.17. The number of rotatable bonds is 5. The second-order valence-corrected chi connectivity index (χ2v) is 6.67. The fourth-order valence-corrected chi connectivity index (χ4v) is 3.44. The normalized spacial score (nSPS) is 11.3. The predicted molar refractivity (Wildman–Crippen MR) is 79.1 cm³/mol. The summed E-state index contributed by atoms with van der Waals surface area (Å²) in [4.78, 5) is 0.273. The number of nitrogens with zero attached hydrogens (tertiary/aromatic N) is 2. The van der Waals surface area contributed by atoms with E-state index in [-0.39, 0.29) is 15.8 Å². The molecule has 1 heterocycles. The largest absolute Gasteiger partial charge is 0.353 e. The second-order valence-electron chi connectivity index (χ2n) is 4.21. The first-order chi connectivity index (χ1) is 9.53. The fourth-order valence-electron chi connectivity index (χ4n) is 1.78. The highest BCUT2D eigenvalue weighted by Crippen LogP contribution is 2.26. The zero-order valence-electron chi connectivity index (χ0n) is 10.9. The first-order valence-corrected chi connectivity index (χ1v) is 8.13. The summed E-state index contributed by atoms with van der Waals surface area (Å²) in [5.74, 6) is 0.112. The molecule has 1 aromatic carbocycles. The van der Waals surface area contributed by atoms with E-state index in [2.05, 4.69) is 15.5 Å². The molecule has 0 saturated heterocycles. The molecule has 2 rings (SSSR count). The van der Waals surface area contributed by atoms with Crippen molar-refractivity contribution < 1.29 is 8.42 Å². The van der Waals surface area contributed by atoms with Crippen molar-refractivity contribution in [2.45, 2.75) is 18.2 Å². The number of nitrogens with one attached hydrogen (secondary N) is 1. The first-order valence-electron chi connectivity index (χ1n) is 6.10. The van der Waals surface area contributed by atoms with E-state index in [1.54, 1.807) is 30.3 Å². The van der Waals surface area contributed by atoms with Gasteiger partial charge in [0.2, 0.25) is 0 Å². The molecule has 0 unspecified atom stereocenters. The molecule has 0 spiro atoms. The highest BCUT2D eigenvalue weighted by atomic mass is 35.5. The molecule has 0 fully saturated rings. The van der Waals surface area contributed by atoms with E-state index in [0.717, 1.165) is 0 Å². The number of halogens is 1. The minimum absolute atomic E-state index is 0.112. The van der Waals surface area contributed by atoms with Crippen LogP contribution in [0.25, 0.3) is 0 Å². The smallest absolute Gasteiger partial charge is 0.180 e. The molecule has 0 amide bonds. The number of anilines is 2. The van der Waals surface area contributed by atoms with Crippen LogP contribution < -0.4 is 5.32 Å². The van der Waals surface area contributed by atoms with Gasteiger partial charge in [-0.1, -0.05) is 30.7 Å². The highest BCUT2D eigenvalue weighted by molar-refractivity contribution is 7.91. The van der Waals surface area contributed by atoms with Crippen LogP contribution in [0.2, 0.25) is 5.15 Å². The van der Waals surface area contributed by atoms with Crippen molar-refractivity contribution in [2.24, 2.45) is 0 Å². The van der Waals surface area contributed by atoms with Gasteiger partial charge in [-0.25, -0.2) is 8.42 Å². The number of benzene rings is 1. The number of hydrogen-bond acceptors (Lipinski definition) is 5. The zero-order valence-corrected chi connectivity index (χ0v) is 12.4. The van der Waals surface area contributed by atoms with E-state index in [4.69, 9.17) is 11.6 Å². The molecule has 0 bridgehead atoms. The summed E-state index contributed by atoms with van der Waals surface area (Å²) in [5, 5.41) is 10.6. The molecule has 0 aliphatic carbocycles. The molecule has 106 valence electrons. The quantitative estimate of drug-likeness (QED) is 0.918. The van der Waals surface area contributed by atoms with Crippen LogP contribution >= 0.6 is 11.6 Å². The Morgan fingerprint density at radius 2 is 2.05 bits per heavy atom. The Bertz CT molecular complexity index is 704. The summed E-state index contributed by atoms with van der Waals surface area (Å²) >= 11 is 5.76. The lowest BCUT2D eigenvalue weighted by atomic mass is 10.3. The van der Waals surface area contributed by atoms with E-state index >= 15 is 0 Å². The molecule has 1 aromatic heterocycles. The third-order valence-electron chi connectivity index (χ3n) is 2.60. The van der Waals surface area contributed by atoms with Crippen LogP contribution in [0, 0.1) is 0 Å². The maximum Gasteiger partial charge on any atom is 0.180 e. The molecule has 0 aliphatic rings. The van der Waals surface area contributed by atoms with Gasteiger partial charge in [-0.2, -0.15) is 5.10 Å². The molecular weight excluding hydrogens is 298 g/mol. The van der Waals surface area contributed by atoms with Gasteiger partial charge in [0.15, 0.2) is 15.0 Å². The predicted octanol–water partition coefficient (Wildman–Crippen LogP) is 3.06. The van der Waals surface area contributed by atoms with Gasteiger partial charge in [0.1, 0.15) is 0 Å². The van der Waals surface area contributed by atoms with E-state index in [1.165, 1.54) is 6.20 Å². The average molecular weight is 312 g/mol. The van der Waals surface area contributed by atoms with Gasteiger partial charge in [-0.3, -0.25) is 0 Å². The Labute approximate surface area is 122 Å². The third kappa shape index (κ3) is 3.46. The molecule has 0 atom stereocenters. The van der Waals surface area contributed by atoms with Gasteiger partial charge in [0.05, 0.1) is 28.2 Å². The fraction of sp³-hybridized carbons (Fsp3) is 0.231. The third-order valence-corrected chi connectivity index (χ3v) is 4.76. The van der Waals surface area contributed by atoms with E-state index in [1.807, 2.05) is 6.92 Å². The Morgan fingerprint density at radius 1 is 1.30 bits per heavy atom. The number of para-hydroxylation sites is 1. The molecule has 5 nitrogen and oxygen atoms in total. The van der Waals surface area contributed by atoms with Gasteiger partial charge in [-0.05, 0) is 18.6 Å². The summed E-state index contributed by atoms with van der Waals surface area (Å²) in [6.07, 6.45) is 2.05. The summed E-state index contributed by atoms with van der Waals surface area (Å²) in [5.41, 5.74) is 1.09. The SMILES string of the molecule is CCCS(=O)(=O)c1ccccc1Nc1cnnc(Cl)c1. The van der Waals surface area contributed by atoms with Crippen LogP contribution in [-0.4, -0.2) is 24.4 Å². The van der Waals surface area contributed by atoms with Crippen molar-refractivity contribution >= 4 is 32.8 Å². The van der Waals surface area contributed by atoms with E-state index in [9.17, 15) is 8.42 Å². The summed E-state index contributed by atoms with van der Waals surface area (Å²) in [6.45, 7) is 1.83. The minimum atomic E-state index is -3.30. The standard InChI is InChI=1S/C13H14ClN3O2S/c1-2-7-20(18,19)12-6-4-3-5-11(12)16-10-8-13(14)17-15-9-10/h3-6,8-9H,2,7H2,1H3,(H,16,17). The summed E-state index contributed by atoms with van der Waals surface area (Å²) in [6, 6.07) is 8.34. The van der Waals surface area contributed by atoms with Crippen molar-refractivity contribution in [2.75, 3.05) is 11.1 Å². The zero-order chi connectivity index (χ0) is 14.6. The second kappa shape index (κ2) is 6.19. The Hall–Kier alpha value is -1.66. The first kappa shape index (κ1) is 14.7. The van der Waals surface area contributed by atoms with Crippen LogP contribution in [0.15, 0.2) is 41.4 Å².